The maximum atomic E-state index is 10.1. The van der Waals surface area contributed by atoms with Crippen LogP contribution in [-0.4, -0.2) is 22.4 Å². The highest BCUT2D eigenvalue weighted by Gasteiger charge is 2.50. The average Bonchev–Trinajstić information content (AvgIpc) is 3.41. The Bertz CT molecular complexity index is 695. The van der Waals surface area contributed by atoms with Gasteiger partial charge in [-0.3, -0.25) is 0 Å². The Hall–Kier alpha value is -1.12. The Morgan fingerprint density at radius 2 is 1.93 bits per heavy atom. The van der Waals surface area contributed by atoms with Crippen LogP contribution >= 0.6 is 0 Å². The Morgan fingerprint density at radius 3 is 2.68 bits per heavy atom. The van der Waals surface area contributed by atoms with Crippen LogP contribution in [0.1, 0.15) is 71.6 Å². The third kappa shape index (κ3) is 3.96. The molecule has 0 heterocycles. The Kier molecular flexibility index (Phi) is 5.73. The molecule has 2 nitrogen and oxygen atoms in total. The quantitative estimate of drug-likeness (QED) is 0.610. The molecule has 0 unspecified atom stereocenters. The van der Waals surface area contributed by atoms with Gasteiger partial charge in [0.15, 0.2) is 0 Å². The highest BCUT2D eigenvalue weighted by Crippen LogP contribution is 2.59. The van der Waals surface area contributed by atoms with Crippen molar-refractivity contribution >= 4 is 0 Å². The van der Waals surface area contributed by atoms with Gasteiger partial charge in [-0.1, -0.05) is 50.3 Å². The van der Waals surface area contributed by atoms with Crippen molar-refractivity contribution in [3.63, 3.8) is 0 Å². The van der Waals surface area contributed by atoms with Crippen molar-refractivity contribution in [3.8, 4) is 0 Å². The van der Waals surface area contributed by atoms with Gasteiger partial charge >= 0.3 is 0 Å². The molecule has 4 fully saturated rings. The van der Waals surface area contributed by atoms with E-state index in [1.807, 2.05) is 0 Å². The molecular weight excluding hydrogens is 344 g/mol. The number of aliphatic hydroxyl groups is 2. The minimum Gasteiger partial charge on any atom is -0.393 e. The Morgan fingerprint density at radius 1 is 1.14 bits per heavy atom. The summed E-state index contributed by atoms with van der Waals surface area (Å²) in [4.78, 5) is 0. The second-order valence-corrected chi connectivity index (χ2v) is 10.2. The number of hydrogen-bond donors (Lipinski definition) is 2. The summed E-state index contributed by atoms with van der Waals surface area (Å²) in [6.45, 7) is 9.05. The predicted octanol–water partition coefficient (Wildman–Crippen LogP) is 5.73. The molecule has 4 aliphatic rings. The summed E-state index contributed by atoms with van der Waals surface area (Å²) in [5.41, 5.74) is 3.83. The second-order valence-electron chi connectivity index (χ2n) is 10.2. The lowest BCUT2D eigenvalue weighted by molar-refractivity contribution is 0.0862. The van der Waals surface area contributed by atoms with E-state index in [4.69, 9.17) is 0 Å². The number of hydrogen-bond acceptors (Lipinski definition) is 2. The molecule has 0 aromatic rings. The molecule has 0 aromatic carbocycles. The van der Waals surface area contributed by atoms with Crippen molar-refractivity contribution in [1.82, 2.24) is 0 Å². The Labute approximate surface area is 171 Å². The third-order valence-corrected chi connectivity index (χ3v) is 8.25. The molecular formula is C26H38O2. The molecule has 0 aromatic heterocycles. The lowest BCUT2D eigenvalue weighted by atomic mass is 9.61. The number of allylic oxidation sites excluding steroid dienone is 5. The first kappa shape index (κ1) is 20.2. The third-order valence-electron chi connectivity index (χ3n) is 8.25. The first-order chi connectivity index (χ1) is 13.4. The van der Waals surface area contributed by atoms with Gasteiger partial charge < -0.3 is 10.2 Å². The highest BCUT2D eigenvalue weighted by molar-refractivity contribution is 5.38. The molecule has 0 aliphatic heterocycles. The molecule has 0 spiro atoms. The molecule has 4 saturated carbocycles. The van der Waals surface area contributed by atoms with E-state index < -0.39 is 12.2 Å². The van der Waals surface area contributed by atoms with Crippen LogP contribution in [0.2, 0.25) is 0 Å². The standard InChI is InChI=1S/C26H38O2/c1-17(6-7-19-8-9-19)23-12-13-24-20(5-4-14-26(23,24)3)10-11-21-15-22(27)16-25(28)18(21)2/h6-7,10-11,17,19,22-25,27-28H,2,4-5,8-9,12-16H2,1,3H3/t17-,22-,23-,24+,25+,26-/m1/s1. The minimum atomic E-state index is -0.597. The first-order valence-corrected chi connectivity index (χ1v) is 11.5. The molecule has 0 saturated heterocycles. The summed E-state index contributed by atoms with van der Waals surface area (Å²) in [6.07, 6.45) is 18.7. The number of rotatable bonds is 4. The van der Waals surface area contributed by atoms with E-state index in [1.54, 1.807) is 5.57 Å². The molecule has 4 aliphatic carbocycles. The van der Waals surface area contributed by atoms with E-state index in [0.29, 0.717) is 30.1 Å². The number of aliphatic hydroxyl groups excluding tert-OH is 2. The zero-order valence-electron chi connectivity index (χ0n) is 17.7. The summed E-state index contributed by atoms with van der Waals surface area (Å²) < 4.78 is 0. The van der Waals surface area contributed by atoms with Crippen LogP contribution in [0.3, 0.4) is 0 Å². The van der Waals surface area contributed by atoms with Gasteiger partial charge in [-0.25, -0.2) is 0 Å². The van der Waals surface area contributed by atoms with Crippen LogP contribution in [0.5, 0.6) is 0 Å². The monoisotopic (exact) mass is 382 g/mol. The van der Waals surface area contributed by atoms with E-state index >= 15 is 0 Å². The zero-order valence-corrected chi connectivity index (χ0v) is 17.7. The molecule has 0 amide bonds. The maximum Gasteiger partial charge on any atom is 0.0811 e. The Balaban J connectivity index is 1.51. The fraction of sp³-hybridized carbons (Fsp3) is 0.692. The molecule has 28 heavy (non-hydrogen) atoms. The van der Waals surface area contributed by atoms with Crippen molar-refractivity contribution in [1.29, 1.82) is 0 Å². The van der Waals surface area contributed by atoms with Crippen molar-refractivity contribution < 1.29 is 10.2 Å². The maximum absolute atomic E-state index is 10.1. The van der Waals surface area contributed by atoms with Gasteiger partial charge in [0.2, 0.25) is 0 Å². The molecule has 0 radical (unpaired) electrons. The predicted molar refractivity (Wildman–Crippen MR) is 116 cm³/mol. The largest absolute Gasteiger partial charge is 0.393 e. The van der Waals surface area contributed by atoms with Gasteiger partial charge in [0.1, 0.15) is 0 Å². The summed E-state index contributed by atoms with van der Waals surface area (Å²) in [5.74, 6) is 3.02. The van der Waals surface area contributed by atoms with Gasteiger partial charge in [-0.05, 0) is 91.6 Å². The van der Waals surface area contributed by atoms with Crippen molar-refractivity contribution in [2.75, 3.05) is 0 Å². The van der Waals surface area contributed by atoms with Gasteiger partial charge in [-0.15, -0.1) is 0 Å². The van der Waals surface area contributed by atoms with E-state index in [9.17, 15) is 10.2 Å². The lowest BCUT2D eigenvalue weighted by Gasteiger charge is -2.44. The van der Waals surface area contributed by atoms with Crippen molar-refractivity contribution in [2.45, 2.75) is 83.8 Å². The van der Waals surface area contributed by atoms with Crippen molar-refractivity contribution in [3.05, 3.63) is 47.6 Å². The van der Waals surface area contributed by atoms with Crippen molar-refractivity contribution in [2.24, 2.45) is 29.1 Å². The second kappa shape index (κ2) is 7.95. The molecule has 2 heteroatoms. The normalized spacial score (nSPS) is 43.1. The topological polar surface area (TPSA) is 40.5 Å². The van der Waals surface area contributed by atoms with Gasteiger partial charge in [0.05, 0.1) is 12.2 Å². The SMILES string of the molecule is C=C1C(=CC=C2CCC[C@]3(C)[C@@H]([C@H](C)C=CC4CC4)CC[C@@H]23)C[C@@H](O)C[C@@H]1O. The zero-order chi connectivity index (χ0) is 19.9. The molecule has 154 valence electrons. The van der Waals surface area contributed by atoms with E-state index in [1.165, 1.54) is 44.9 Å². The molecule has 2 N–H and O–H groups in total. The van der Waals surface area contributed by atoms with Crippen LogP contribution in [0.15, 0.2) is 47.6 Å². The van der Waals surface area contributed by atoms with Gasteiger partial charge in [-0.2, -0.15) is 0 Å². The fourth-order valence-corrected chi connectivity index (χ4v) is 6.36. The smallest absolute Gasteiger partial charge is 0.0811 e. The highest BCUT2D eigenvalue weighted by atomic mass is 16.3. The van der Waals surface area contributed by atoms with Crippen LogP contribution in [-0.2, 0) is 0 Å². The summed E-state index contributed by atoms with van der Waals surface area (Å²) in [5, 5.41) is 20.1. The minimum absolute atomic E-state index is 0.415. The van der Waals surface area contributed by atoms with Crippen LogP contribution < -0.4 is 0 Å². The van der Waals surface area contributed by atoms with Crippen LogP contribution in [0, 0.1) is 29.1 Å². The van der Waals surface area contributed by atoms with E-state index in [2.05, 4.69) is 44.7 Å². The summed E-state index contributed by atoms with van der Waals surface area (Å²) in [6, 6.07) is 0. The fourth-order valence-electron chi connectivity index (χ4n) is 6.36. The van der Waals surface area contributed by atoms with Crippen LogP contribution in [0.25, 0.3) is 0 Å². The molecule has 0 bridgehead atoms. The lowest BCUT2D eigenvalue weighted by Crippen LogP contribution is -2.35. The van der Waals surface area contributed by atoms with E-state index in [0.717, 1.165) is 23.0 Å². The number of fused-ring (bicyclic) bond motifs is 1. The average molecular weight is 383 g/mol. The van der Waals surface area contributed by atoms with Crippen LogP contribution in [0.4, 0.5) is 0 Å². The molecule has 4 rings (SSSR count). The van der Waals surface area contributed by atoms with Gasteiger partial charge in [0.25, 0.3) is 0 Å². The first-order valence-electron chi connectivity index (χ1n) is 11.5. The molecule has 6 atom stereocenters. The van der Waals surface area contributed by atoms with E-state index in [-0.39, 0.29) is 0 Å². The summed E-state index contributed by atoms with van der Waals surface area (Å²) >= 11 is 0. The van der Waals surface area contributed by atoms with Gasteiger partial charge in [0, 0.05) is 6.42 Å². The summed E-state index contributed by atoms with van der Waals surface area (Å²) in [7, 11) is 0.